The third kappa shape index (κ3) is 2.67. The number of amides is 3. The highest BCUT2D eigenvalue weighted by atomic mass is 16.2. The fourth-order valence-corrected chi connectivity index (χ4v) is 1.96. The van der Waals surface area contributed by atoms with Crippen molar-refractivity contribution >= 4 is 22.8 Å². The van der Waals surface area contributed by atoms with Crippen LogP contribution in [0.3, 0.4) is 0 Å². The van der Waals surface area contributed by atoms with Crippen LogP contribution in [0.2, 0.25) is 0 Å². The van der Waals surface area contributed by atoms with Crippen molar-refractivity contribution in [1.29, 1.82) is 0 Å². The van der Waals surface area contributed by atoms with Crippen molar-refractivity contribution in [1.82, 2.24) is 21.2 Å². The molecule has 0 atom stereocenters. The molecule has 2 rings (SSSR count). The molecule has 0 radical (unpaired) electrons. The lowest BCUT2D eigenvalue weighted by atomic mass is 10.1. The number of hydrazine groups is 1. The third-order valence-corrected chi connectivity index (χ3v) is 2.85. The van der Waals surface area contributed by atoms with E-state index < -0.39 is 11.9 Å². The van der Waals surface area contributed by atoms with Gasteiger partial charge in [-0.3, -0.25) is 10.2 Å². The van der Waals surface area contributed by atoms with Crippen LogP contribution in [0.4, 0.5) is 4.79 Å². The molecule has 6 nitrogen and oxygen atoms in total. The number of aromatic amines is 1. The molecule has 0 aliphatic heterocycles. The smallest absolute Gasteiger partial charge is 0.333 e. The van der Waals surface area contributed by atoms with Gasteiger partial charge in [0, 0.05) is 18.0 Å². The van der Waals surface area contributed by atoms with Gasteiger partial charge < -0.3 is 10.3 Å². The van der Waals surface area contributed by atoms with Crippen molar-refractivity contribution in [3.8, 4) is 0 Å². The number of carbonyl (C=O) groups is 2. The summed E-state index contributed by atoms with van der Waals surface area (Å²) < 4.78 is 0. The first-order chi connectivity index (χ1) is 9.01. The second-order valence-electron chi connectivity index (χ2n) is 4.38. The Labute approximate surface area is 110 Å². The minimum absolute atomic E-state index is 0.392. The molecule has 0 aliphatic carbocycles. The summed E-state index contributed by atoms with van der Waals surface area (Å²) in [4.78, 5) is 25.9. The van der Waals surface area contributed by atoms with E-state index in [2.05, 4.69) is 27.2 Å². The molecule has 0 saturated carbocycles. The summed E-state index contributed by atoms with van der Waals surface area (Å²) in [5.41, 5.74) is 8.08. The SMILES string of the molecule is CNC(=O)NNC(=O)c1cc2c(C)cc(C)cc2[nH]1. The molecule has 1 aromatic heterocycles. The van der Waals surface area contributed by atoms with Crippen molar-refractivity contribution in [2.75, 3.05) is 7.05 Å². The van der Waals surface area contributed by atoms with Gasteiger partial charge in [0.05, 0.1) is 0 Å². The molecule has 0 saturated heterocycles. The van der Waals surface area contributed by atoms with Gasteiger partial charge in [-0.15, -0.1) is 0 Å². The van der Waals surface area contributed by atoms with Gasteiger partial charge in [-0.2, -0.15) is 0 Å². The number of benzene rings is 1. The highest BCUT2D eigenvalue weighted by Crippen LogP contribution is 2.21. The molecule has 19 heavy (non-hydrogen) atoms. The van der Waals surface area contributed by atoms with Crippen molar-refractivity contribution in [3.63, 3.8) is 0 Å². The highest BCUT2D eigenvalue weighted by molar-refractivity contribution is 5.99. The van der Waals surface area contributed by atoms with E-state index in [1.54, 1.807) is 6.07 Å². The average Bonchev–Trinajstić information content (AvgIpc) is 2.79. The van der Waals surface area contributed by atoms with Crippen LogP contribution >= 0.6 is 0 Å². The topological polar surface area (TPSA) is 86.0 Å². The van der Waals surface area contributed by atoms with E-state index in [0.29, 0.717) is 5.69 Å². The fraction of sp³-hybridized carbons (Fsp3) is 0.231. The lowest BCUT2D eigenvalue weighted by molar-refractivity contribution is 0.0932. The molecule has 6 heteroatoms. The molecule has 1 aromatic carbocycles. The molecule has 0 spiro atoms. The maximum Gasteiger partial charge on any atom is 0.333 e. The van der Waals surface area contributed by atoms with Crippen LogP contribution in [0, 0.1) is 13.8 Å². The normalized spacial score (nSPS) is 10.3. The van der Waals surface area contributed by atoms with Crippen molar-refractivity contribution in [3.05, 3.63) is 35.0 Å². The van der Waals surface area contributed by atoms with Gasteiger partial charge in [-0.1, -0.05) is 6.07 Å². The third-order valence-electron chi connectivity index (χ3n) is 2.85. The second kappa shape index (κ2) is 5.01. The molecule has 0 aliphatic rings. The summed E-state index contributed by atoms with van der Waals surface area (Å²) in [6.45, 7) is 3.99. The molecule has 3 amide bonds. The number of fused-ring (bicyclic) bond motifs is 1. The van der Waals surface area contributed by atoms with Crippen LogP contribution in [0.5, 0.6) is 0 Å². The van der Waals surface area contributed by atoms with Crippen LogP contribution in [0.15, 0.2) is 18.2 Å². The van der Waals surface area contributed by atoms with Crippen molar-refractivity contribution in [2.24, 2.45) is 0 Å². The Kier molecular flexibility index (Phi) is 3.41. The molecule has 4 N–H and O–H groups in total. The van der Waals surface area contributed by atoms with E-state index in [9.17, 15) is 9.59 Å². The van der Waals surface area contributed by atoms with E-state index >= 15 is 0 Å². The first kappa shape index (κ1) is 12.9. The largest absolute Gasteiger partial charge is 0.350 e. The van der Waals surface area contributed by atoms with Crippen LogP contribution in [0.1, 0.15) is 21.6 Å². The lowest BCUT2D eigenvalue weighted by Gasteiger charge is -2.04. The molecular weight excluding hydrogens is 244 g/mol. The number of nitrogens with one attached hydrogen (secondary N) is 4. The molecule has 1 heterocycles. The number of urea groups is 1. The van der Waals surface area contributed by atoms with E-state index in [1.165, 1.54) is 7.05 Å². The Morgan fingerprint density at radius 3 is 2.53 bits per heavy atom. The maximum absolute atomic E-state index is 11.8. The number of hydrogen-bond donors (Lipinski definition) is 4. The Bertz CT molecular complexity index is 645. The Hall–Kier alpha value is -2.50. The molecule has 0 unspecified atom stereocenters. The zero-order chi connectivity index (χ0) is 14.0. The first-order valence-electron chi connectivity index (χ1n) is 5.89. The van der Waals surface area contributed by atoms with Gasteiger partial charge in [0.15, 0.2) is 0 Å². The Morgan fingerprint density at radius 2 is 1.84 bits per heavy atom. The van der Waals surface area contributed by atoms with Gasteiger partial charge in [0.25, 0.3) is 5.91 Å². The zero-order valence-corrected chi connectivity index (χ0v) is 11.0. The van der Waals surface area contributed by atoms with Crippen LogP contribution < -0.4 is 16.2 Å². The summed E-state index contributed by atoms with van der Waals surface area (Å²) in [5, 5.41) is 3.34. The van der Waals surface area contributed by atoms with Gasteiger partial charge in [0.2, 0.25) is 0 Å². The molecule has 0 bridgehead atoms. The van der Waals surface area contributed by atoms with Crippen molar-refractivity contribution < 1.29 is 9.59 Å². The Balaban J connectivity index is 2.24. The number of rotatable bonds is 1. The van der Waals surface area contributed by atoms with E-state index in [4.69, 9.17) is 0 Å². The number of aromatic nitrogens is 1. The van der Waals surface area contributed by atoms with Gasteiger partial charge in [-0.05, 0) is 37.1 Å². The number of H-pyrrole nitrogens is 1. The predicted molar refractivity (Wildman–Crippen MR) is 72.8 cm³/mol. The van der Waals surface area contributed by atoms with Gasteiger partial charge >= 0.3 is 6.03 Å². The maximum atomic E-state index is 11.8. The highest BCUT2D eigenvalue weighted by Gasteiger charge is 2.11. The quantitative estimate of drug-likeness (QED) is 0.583. The predicted octanol–water partition coefficient (Wildman–Crippen LogP) is 1.36. The number of aryl methyl sites for hydroxylation is 2. The average molecular weight is 260 g/mol. The Morgan fingerprint density at radius 1 is 1.11 bits per heavy atom. The lowest BCUT2D eigenvalue weighted by Crippen LogP contribution is -2.45. The molecule has 0 fully saturated rings. The molecule has 2 aromatic rings. The van der Waals surface area contributed by atoms with Crippen LogP contribution in [-0.4, -0.2) is 24.0 Å². The van der Waals surface area contributed by atoms with Crippen molar-refractivity contribution in [2.45, 2.75) is 13.8 Å². The summed E-state index contributed by atoms with van der Waals surface area (Å²) >= 11 is 0. The monoisotopic (exact) mass is 260 g/mol. The zero-order valence-electron chi connectivity index (χ0n) is 11.0. The standard InChI is InChI=1S/C13H16N4O2/c1-7-4-8(2)9-6-11(15-10(9)5-7)12(18)16-17-13(19)14-3/h4-6,15H,1-3H3,(H,16,18)(H2,14,17,19). The number of hydrogen-bond acceptors (Lipinski definition) is 2. The van der Waals surface area contributed by atoms with Crippen LogP contribution in [-0.2, 0) is 0 Å². The van der Waals surface area contributed by atoms with E-state index in [-0.39, 0.29) is 0 Å². The fourth-order valence-electron chi connectivity index (χ4n) is 1.96. The van der Waals surface area contributed by atoms with E-state index in [0.717, 1.165) is 22.0 Å². The van der Waals surface area contributed by atoms with Crippen LogP contribution in [0.25, 0.3) is 10.9 Å². The molecule has 100 valence electrons. The van der Waals surface area contributed by atoms with Gasteiger partial charge in [0.1, 0.15) is 5.69 Å². The summed E-state index contributed by atoms with van der Waals surface area (Å²) in [7, 11) is 1.47. The van der Waals surface area contributed by atoms with E-state index in [1.807, 2.05) is 19.9 Å². The molecular formula is C13H16N4O2. The van der Waals surface area contributed by atoms with Gasteiger partial charge in [-0.25, -0.2) is 10.2 Å². The minimum Gasteiger partial charge on any atom is -0.350 e. The summed E-state index contributed by atoms with van der Waals surface area (Å²) in [6.07, 6.45) is 0. The first-order valence-corrected chi connectivity index (χ1v) is 5.89. The summed E-state index contributed by atoms with van der Waals surface area (Å²) in [6, 6.07) is 5.33. The number of carbonyl (C=O) groups excluding carboxylic acids is 2. The second-order valence-corrected chi connectivity index (χ2v) is 4.38. The summed E-state index contributed by atoms with van der Waals surface area (Å²) in [5.74, 6) is -0.392. The minimum atomic E-state index is -0.475.